The molecule has 3 nitrogen and oxygen atoms in total. The Kier molecular flexibility index (Phi) is 6.65. The summed E-state index contributed by atoms with van der Waals surface area (Å²) >= 11 is 0. The number of hydrogen-bond donors (Lipinski definition) is 1. The molecule has 0 bridgehead atoms. The quantitative estimate of drug-likeness (QED) is 0.681. The Morgan fingerprint density at radius 1 is 0.958 bits per heavy atom. The lowest BCUT2D eigenvalue weighted by Gasteiger charge is -2.20. The van der Waals surface area contributed by atoms with Crippen LogP contribution in [0.3, 0.4) is 0 Å². The number of rotatable bonds is 8. The van der Waals surface area contributed by atoms with E-state index in [1.54, 1.807) is 12.1 Å². The van der Waals surface area contributed by atoms with E-state index in [1.165, 1.54) is 0 Å². The number of aryl methyl sites for hydroxylation is 2. The lowest BCUT2D eigenvalue weighted by atomic mass is 10.0. The van der Waals surface area contributed by atoms with Crippen LogP contribution < -0.4 is 9.83 Å². The van der Waals surface area contributed by atoms with Gasteiger partial charge in [0, 0.05) is 0 Å². The molecule has 0 spiro atoms. The summed E-state index contributed by atoms with van der Waals surface area (Å²) in [5.74, 6) is 0.515. The van der Waals surface area contributed by atoms with Gasteiger partial charge in [0.05, 0.1) is 5.30 Å². The SMILES string of the molecule is CCCCc1ccccc1OP(=O)(O)c1cccc(CC)c1CC. The predicted octanol–water partition coefficient (Wildman–Crippen LogP) is 5.04. The number of benzene rings is 2. The Labute approximate surface area is 145 Å². The first-order valence-corrected chi connectivity index (χ1v) is 10.3. The van der Waals surface area contributed by atoms with Crippen LogP contribution in [-0.4, -0.2) is 4.89 Å². The van der Waals surface area contributed by atoms with Crippen LogP contribution in [0.4, 0.5) is 0 Å². The molecule has 0 radical (unpaired) electrons. The molecule has 0 heterocycles. The van der Waals surface area contributed by atoms with Crippen molar-refractivity contribution in [1.82, 2.24) is 0 Å². The Bertz CT molecular complexity index is 725. The lowest BCUT2D eigenvalue weighted by Crippen LogP contribution is -2.16. The van der Waals surface area contributed by atoms with Gasteiger partial charge >= 0.3 is 7.60 Å². The minimum absolute atomic E-state index is 0.426. The molecular weight excluding hydrogens is 319 g/mol. The van der Waals surface area contributed by atoms with Gasteiger partial charge in [0.2, 0.25) is 0 Å². The van der Waals surface area contributed by atoms with Gasteiger partial charge < -0.3 is 9.42 Å². The standard InChI is InChI=1S/C20H27O3P/c1-4-7-11-17-12-8-9-14-19(17)23-24(21,22)20-15-10-13-16(5-2)18(20)6-3/h8-10,12-15H,4-7,11H2,1-3H3,(H,21,22). The first-order chi connectivity index (χ1) is 11.5. The molecular formula is C20H27O3P. The number of para-hydroxylation sites is 1. The summed E-state index contributed by atoms with van der Waals surface area (Å²) in [5, 5.41) is 0.426. The van der Waals surface area contributed by atoms with E-state index in [1.807, 2.05) is 37.3 Å². The molecule has 0 aromatic heterocycles. The third-order valence-corrected chi connectivity index (χ3v) is 5.75. The van der Waals surface area contributed by atoms with Crippen molar-refractivity contribution >= 4 is 12.9 Å². The number of hydrogen-bond acceptors (Lipinski definition) is 2. The molecule has 1 N–H and O–H groups in total. The van der Waals surface area contributed by atoms with Crippen molar-refractivity contribution in [3.8, 4) is 5.75 Å². The van der Waals surface area contributed by atoms with E-state index in [0.717, 1.165) is 42.4 Å². The topological polar surface area (TPSA) is 46.5 Å². The van der Waals surface area contributed by atoms with Gasteiger partial charge in [-0.3, -0.25) is 0 Å². The van der Waals surface area contributed by atoms with Gasteiger partial charge in [0.25, 0.3) is 0 Å². The molecule has 1 atom stereocenters. The lowest BCUT2D eigenvalue weighted by molar-refractivity contribution is 0.391. The van der Waals surface area contributed by atoms with Crippen LogP contribution in [0.25, 0.3) is 0 Å². The maximum Gasteiger partial charge on any atom is 0.408 e. The summed E-state index contributed by atoms with van der Waals surface area (Å²) in [7, 11) is -3.92. The molecule has 0 aliphatic rings. The molecule has 0 aliphatic heterocycles. The second kappa shape index (κ2) is 8.50. The van der Waals surface area contributed by atoms with E-state index in [2.05, 4.69) is 13.8 Å². The van der Waals surface area contributed by atoms with Crippen LogP contribution in [0.5, 0.6) is 5.75 Å². The summed E-state index contributed by atoms with van der Waals surface area (Å²) in [4.78, 5) is 10.7. The molecule has 24 heavy (non-hydrogen) atoms. The molecule has 0 aliphatic carbocycles. The van der Waals surface area contributed by atoms with E-state index in [9.17, 15) is 9.46 Å². The van der Waals surface area contributed by atoms with Crippen molar-refractivity contribution in [3.05, 3.63) is 59.2 Å². The minimum atomic E-state index is -3.92. The van der Waals surface area contributed by atoms with Gasteiger partial charge in [-0.15, -0.1) is 0 Å². The van der Waals surface area contributed by atoms with E-state index in [0.29, 0.717) is 17.5 Å². The molecule has 1 unspecified atom stereocenters. The largest absolute Gasteiger partial charge is 0.421 e. The molecule has 0 amide bonds. The molecule has 0 saturated heterocycles. The second-order valence-corrected chi connectivity index (χ2v) is 7.65. The Balaban J connectivity index is 2.38. The van der Waals surface area contributed by atoms with Crippen molar-refractivity contribution in [2.45, 2.75) is 52.9 Å². The minimum Gasteiger partial charge on any atom is -0.421 e. The van der Waals surface area contributed by atoms with Crippen molar-refractivity contribution in [1.29, 1.82) is 0 Å². The third-order valence-electron chi connectivity index (χ3n) is 4.28. The highest BCUT2D eigenvalue weighted by Gasteiger charge is 2.28. The highest BCUT2D eigenvalue weighted by atomic mass is 31.2. The zero-order chi connectivity index (χ0) is 17.6. The van der Waals surface area contributed by atoms with Gasteiger partial charge in [0.1, 0.15) is 5.75 Å². The second-order valence-electron chi connectivity index (χ2n) is 5.94. The Morgan fingerprint density at radius 3 is 2.33 bits per heavy atom. The zero-order valence-electron chi connectivity index (χ0n) is 14.8. The Morgan fingerprint density at radius 2 is 1.67 bits per heavy atom. The zero-order valence-corrected chi connectivity index (χ0v) is 15.7. The monoisotopic (exact) mass is 346 g/mol. The average Bonchev–Trinajstić information content (AvgIpc) is 2.59. The number of unbranched alkanes of at least 4 members (excludes halogenated alkanes) is 1. The first kappa shape index (κ1) is 18.8. The molecule has 2 rings (SSSR count). The van der Waals surface area contributed by atoms with Gasteiger partial charge in [-0.05, 0) is 54.5 Å². The van der Waals surface area contributed by atoms with Crippen LogP contribution >= 0.6 is 7.60 Å². The van der Waals surface area contributed by atoms with Crippen molar-refractivity contribution in [2.24, 2.45) is 0 Å². The predicted molar refractivity (Wildman–Crippen MR) is 100 cm³/mol. The Hall–Kier alpha value is -1.57. The third kappa shape index (κ3) is 4.28. The smallest absolute Gasteiger partial charge is 0.408 e. The van der Waals surface area contributed by atoms with Crippen LogP contribution in [0.1, 0.15) is 50.3 Å². The molecule has 2 aromatic carbocycles. The maximum absolute atomic E-state index is 13.0. The van der Waals surface area contributed by atoms with Crippen molar-refractivity contribution in [3.63, 3.8) is 0 Å². The summed E-state index contributed by atoms with van der Waals surface area (Å²) in [6, 6.07) is 13.1. The first-order valence-electron chi connectivity index (χ1n) is 8.75. The average molecular weight is 346 g/mol. The molecule has 2 aromatic rings. The normalized spacial score (nSPS) is 13.5. The molecule has 0 saturated carbocycles. The van der Waals surface area contributed by atoms with E-state index in [4.69, 9.17) is 4.52 Å². The van der Waals surface area contributed by atoms with Gasteiger partial charge in [-0.1, -0.05) is 57.5 Å². The van der Waals surface area contributed by atoms with Crippen molar-refractivity contribution < 1.29 is 14.0 Å². The van der Waals surface area contributed by atoms with Gasteiger partial charge in [-0.2, -0.15) is 0 Å². The van der Waals surface area contributed by atoms with Crippen LogP contribution in [0.2, 0.25) is 0 Å². The fraction of sp³-hybridized carbons (Fsp3) is 0.400. The van der Waals surface area contributed by atoms with Crippen LogP contribution in [-0.2, 0) is 23.8 Å². The van der Waals surface area contributed by atoms with Crippen molar-refractivity contribution in [2.75, 3.05) is 0 Å². The van der Waals surface area contributed by atoms with E-state index in [-0.39, 0.29) is 0 Å². The van der Waals surface area contributed by atoms with Gasteiger partial charge in [0.15, 0.2) is 0 Å². The summed E-state index contributed by atoms with van der Waals surface area (Å²) in [6.45, 7) is 6.19. The summed E-state index contributed by atoms with van der Waals surface area (Å²) < 4.78 is 18.7. The summed E-state index contributed by atoms with van der Waals surface area (Å²) in [5.41, 5.74) is 3.02. The highest BCUT2D eigenvalue weighted by Crippen LogP contribution is 2.44. The van der Waals surface area contributed by atoms with E-state index < -0.39 is 7.60 Å². The van der Waals surface area contributed by atoms with Gasteiger partial charge in [-0.25, -0.2) is 4.57 Å². The molecule has 4 heteroatoms. The highest BCUT2D eigenvalue weighted by molar-refractivity contribution is 7.61. The fourth-order valence-electron chi connectivity index (χ4n) is 2.97. The maximum atomic E-state index is 13.0. The fourth-order valence-corrected chi connectivity index (χ4v) is 4.43. The molecule has 130 valence electrons. The summed E-state index contributed by atoms with van der Waals surface area (Å²) in [6.07, 6.45) is 4.50. The molecule has 0 fully saturated rings. The van der Waals surface area contributed by atoms with Crippen LogP contribution in [0, 0.1) is 0 Å². The van der Waals surface area contributed by atoms with E-state index >= 15 is 0 Å². The van der Waals surface area contributed by atoms with Crippen LogP contribution in [0.15, 0.2) is 42.5 Å².